The number of carboxylic acid groups (broad SMARTS) is 1. The summed E-state index contributed by atoms with van der Waals surface area (Å²) in [4.78, 5) is 11.4. The summed E-state index contributed by atoms with van der Waals surface area (Å²) < 4.78 is 14.4. The molecule has 2 rings (SSSR count). The molecular formula is C13H14BrFO2. The molecule has 0 radical (unpaired) electrons. The summed E-state index contributed by atoms with van der Waals surface area (Å²) in [6.07, 6.45) is 2.11. The van der Waals surface area contributed by atoms with E-state index in [0.29, 0.717) is 5.56 Å². The quantitative estimate of drug-likeness (QED) is 0.922. The molecule has 1 N–H and O–H groups in total. The van der Waals surface area contributed by atoms with Crippen molar-refractivity contribution in [3.8, 4) is 0 Å². The van der Waals surface area contributed by atoms with Gasteiger partial charge in [-0.25, -0.2) is 4.39 Å². The summed E-state index contributed by atoms with van der Waals surface area (Å²) in [7, 11) is 0. The lowest BCUT2D eigenvalue weighted by Gasteiger charge is -2.24. The molecule has 0 saturated heterocycles. The highest BCUT2D eigenvalue weighted by Gasteiger charge is 2.47. The average molecular weight is 301 g/mol. The molecule has 0 bridgehead atoms. The Balaban J connectivity index is 2.29. The topological polar surface area (TPSA) is 37.3 Å². The van der Waals surface area contributed by atoms with E-state index in [2.05, 4.69) is 15.9 Å². The van der Waals surface area contributed by atoms with Gasteiger partial charge in [0.25, 0.3) is 0 Å². The zero-order valence-electron chi connectivity index (χ0n) is 9.54. The van der Waals surface area contributed by atoms with Gasteiger partial charge in [0.2, 0.25) is 0 Å². The number of carboxylic acids is 1. The smallest absolute Gasteiger partial charge is 0.309 e. The third-order valence-corrected chi connectivity index (χ3v) is 4.03. The number of halogens is 2. The van der Waals surface area contributed by atoms with Gasteiger partial charge in [-0.3, -0.25) is 4.79 Å². The summed E-state index contributed by atoms with van der Waals surface area (Å²) in [6, 6.07) is 4.65. The van der Waals surface area contributed by atoms with Gasteiger partial charge in [0.15, 0.2) is 0 Å². The van der Waals surface area contributed by atoms with Gasteiger partial charge in [0, 0.05) is 4.47 Å². The molecule has 0 heterocycles. The number of aliphatic carboxylic acids is 1. The Morgan fingerprint density at radius 3 is 2.76 bits per heavy atom. The van der Waals surface area contributed by atoms with E-state index in [-0.39, 0.29) is 18.2 Å². The van der Waals surface area contributed by atoms with Crippen molar-refractivity contribution in [1.82, 2.24) is 0 Å². The van der Waals surface area contributed by atoms with Gasteiger partial charge in [-0.1, -0.05) is 15.9 Å². The number of benzene rings is 1. The minimum atomic E-state index is -0.846. The predicted octanol–water partition coefficient (Wildman–Crippen LogP) is 3.63. The van der Waals surface area contributed by atoms with E-state index in [4.69, 9.17) is 0 Å². The summed E-state index contributed by atoms with van der Waals surface area (Å²) >= 11 is 3.28. The van der Waals surface area contributed by atoms with Crippen LogP contribution in [-0.4, -0.2) is 11.1 Å². The molecule has 1 atom stereocenters. The molecule has 1 saturated carbocycles. The molecule has 1 aromatic rings. The first-order valence-electron chi connectivity index (χ1n) is 5.61. The van der Waals surface area contributed by atoms with Crippen LogP contribution in [0.3, 0.4) is 0 Å². The summed E-state index contributed by atoms with van der Waals surface area (Å²) in [6.45, 7) is 1.72. The molecular weight excluding hydrogens is 287 g/mol. The van der Waals surface area contributed by atoms with Gasteiger partial charge in [0.05, 0.1) is 5.41 Å². The fraction of sp³-hybridized carbons (Fsp3) is 0.462. The molecule has 2 nitrogen and oxygen atoms in total. The van der Waals surface area contributed by atoms with Crippen molar-refractivity contribution in [3.05, 3.63) is 34.1 Å². The molecule has 1 aliphatic rings. The second kappa shape index (κ2) is 4.41. The maximum absolute atomic E-state index is 13.6. The SMILES string of the molecule is CC(Cc1cc(Br)ccc1F)(C(=O)O)C1CC1. The zero-order chi connectivity index (χ0) is 12.6. The van der Waals surface area contributed by atoms with Crippen molar-refractivity contribution >= 4 is 21.9 Å². The van der Waals surface area contributed by atoms with Crippen LogP contribution in [0.2, 0.25) is 0 Å². The lowest BCUT2D eigenvalue weighted by atomic mass is 9.79. The average Bonchev–Trinajstić information content (AvgIpc) is 3.06. The number of rotatable bonds is 4. The molecule has 17 heavy (non-hydrogen) atoms. The van der Waals surface area contributed by atoms with Crippen LogP contribution in [0.25, 0.3) is 0 Å². The highest BCUT2D eigenvalue weighted by molar-refractivity contribution is 9.10. The Labute approximate surface area is 108 Å². The predicted molar refractivity (Wildman–Crippen MR) is 66.3 cm³/mol. The Hall–Kier alpha value is -0.900. The van der Waals surface area contributed by atoms with E-state index in [1.54, 1.807) is 19.1 Å². The zero-order valence-corrected chi connectivity index (χ0v) is 11.1. The van der Waals surface area contributed by atoms with Gasteiger partial charge >= 0.3 is 5.97 Å². The van der Waals surface area contributed by atoms with Crippen LogP contribution in [-0.2, 0) is 11.2 Å². The highest BCUT2D eigenvalue weighted by atomic mass is 79.9. The summed E-state index contributed by atoms with van der Waals surface area (Å²) in [5, 5.41) is 9.33. The molecule has 1 unspecified atom stereocenters. The molecule has 0 aromatic heterocycles. The van der Waals surface area contributed by atoms with Crippen LogP contribution in [0.5, 0.6) is 0 Å². The molecule has 0 aliphatic heterocycles. The molecule has 4 heteroatoms. The molecule has 1 aliphatic carbocycles. The lowest BCUT2D eigenvalue weighted by Crippen LogP contribution is -2.32. The van der Waals surface area contributed by atoms with Crippen molar-refractivity contribution in [1.29, 1.82) is 0 Å². The third kappa shape index (κ3) is 2.51. The molecule has 1 aromatic carbocycles. The van der Waals surface area contributed by atoms with E-state index in [1.807, 2.05) is 0 Å². The first kappa shape index (κ1) is 12.6. The van der Waals surface area contributed by atoms with E-state index in [9.17, 15) is 14.3 Å². The fourth-order valence-corrected chi connectivity index (χ4v) is 2.60. The van der Waals surface area contributed by atoms with Gasteiger partial charge < -0.3 is 5.11 Å². The summed E-state index contributed by atoms with van der Waals surface area (Å²) in [5.41, 5.74) is -0.377. The van der Waals surface area contributed by atoms with Gasteiger partial charge in [-0.05, 0) is 55.9 Å². The Kier molecular flexibility index (Phi) is 3.25. The van der Waals surface area contributed by atoms with Crippen molar-refractivity contribution in [2.24, 2.45) is 11.3 Å². The van der Waals surface area contributed by atoms with E-state index >= 15 is 0 Å². The molecule has 0 amide bonds. The van der Waals surface area contributed by atoms with Crippen LogP contribution in [0.1, 0.15) is 25.3 Å². The number of hydrogen-bond donors (Lipinski definition) is 1. The fourth-order valence-electron chi connectivity index (χ4n) is 2.19. The van der Waals surface area contributed by atoms with E-state index in [0.717, 1.165) is 17.3 Å². The summed E-state index contributed by atoms with van der Waals surface area (Å²) in [5.74, 6) is -0.987. The largest absolute Gasteiger partial charge is 0.481 e. The standard InChI is InChI=1S/C13H14BrFO2/c1-13(12(16)17,9-2-3-9)7-8-6-10(14)4-5-11(8)15/h4-6,9H,2-3,7H2,1H3,(H,16,17). The van der Waals surface area contributed by atoms with Crippen LogP contribution >= 0.6 is 15.9 Å². The van der Waals surface area contributed by atoms with Crippen molar-refractivity contribution in [3.63, 3.8) is 0 Å². The van der Waals surface area contributed by atoms with E-state index in [1.165, 1.54) is 6.07 Å². The first-order chi connectivity index (χ1) is 7.93. The van der Waals surface area contributed by atoms with Crippen molar-refractivity contribution in [2.75, 3.05) is 0 Å². The maximum Gasteiger partial charge on any atom is 0.309 e. The molecule has 1 fully saturated rings. The maximum atomic E-state index is 13.6. The molecule has 0 spiro atoms. The van der Waals surface area contributed by atoms with Crippen molar-refractivity contribution < 1.29 is 14.3 Å². The Morgan fingerprint density at radius 2 is 2.24 bits per heavy atom. The first-order valence-corrected chi connectivity index (χ1v) is 6.40. The number of carbonyl (C=O) groups is 1. The normalized spacial score (nSPS) is 18.8. The number of hydrogen-bond acceptors (Lipinski definition) is 1. The van der Waals surface area contributed by atoms with Crippen LogP contribution in [0.15, 0.2) is 22.7 Å². The van der Waals surface area contributed by atoms with Crippen LogP contribution in [0, 0.1) is 17.2 Å². The van der Waals surface area contributed by atoms with Crippen LogP contribution in [0.4, 0.5) is 4.39 Å². The monoisotopic (exact) mass is 300 g/mol. The van der Waals surface area contributed by atoms with Gasteiger partial charge in [0.1, 0.15) is 5.82 Å². The Bertz CT molecular complexity index is 457. The lowest BCUT2D eigenvalue weighted by molar-refractivity contribution is -0.149. The molecule has 92 valence electrons. The third-order valence-electron chi connectivity index (χ3n) is 3.53. The minimum absolute atomic E-state index is 0.179. The van der Waals surface area contributed by atoms with Gasteiger partial charge in [-0.15, -0.1) is 0 Å². The van der Waals surface area contributed by atoms with Gasteiger partial charge in [-0.2, -0.15) is 0 Å². The van der Waals surface area contributed by atoms with Crippen molar-refractivity contribution in [2.45, 2.75) is 26.2 Å². The van der Waals surface area contributed by atoms with E-state index < -0.39 is 11.4 Å². The second-order valence-corrected chi connectivity index (χ2v) is 5.83. The Morgan fingerprint density at radius 1 is 1.59 bits per heavy atom. The minimum Gasteiger partial charge on any atom is -0.481 e. The highest BCUT2D eigenvalue weighted by Crippen LogP contribution is 2.47. The van der Waals surface area contributed by atoms with Crippen LogP contribution < -0.4 is 0 Å². The second-order valence-electron chi connectivity index (χ2n) is 4.91.